The molecule has 0 radical (unpaired) electrons. The van der Waals surface area contributed by atoms with Crippen LogP contribution in [0.4, 0.5) is 0 Å². The van der Waals surface area contributed by atoms with Gasteiger partial charge >= 0.3 is 0 Å². The van der Waals surface area contributed by atoms with Crippen molar-refractivity contribution in [3.63, 3.8) is 0 Å². The van der Waals surface area contributed by atoms with Crippen molar-refractivity contribution in [2.75, 3.05) is 0 Å². The zero-order valence-electron chi connectivity index (χ0n) is 7.85. The summed E-state index contributed by atoms with van der Waals surface area (Å²) in [5.41, 5.74) is 4.57. The Balaban J connectivity index is 2.41. The van der Waals surface area contributed by atoms with Gasteiger partial charge in [-0.25, -0.2) is 0 Å². The summed E-state index contributed by atoms with van der Waals surface area (Å²) in [5.74, 6) is 0. The number of hydrogen-bond acceptors (Lipinski definition) is 1. The molecule has 1 aliphatic heterocycles. The van der Waals surface area contributed by atoms with E-state index in [0.29, 0.717) is 0 Å². The smallest absolute Gasteiger partial charge is 0.0308 e. The second-order valence-electron chi connectivity index (χ2n) is 3.45. The molecule has 12 heavy (non-hydrogen) atoms. The zero-order chi connectivity index (χ0) is 8.72. The van der Waals surface area contributed by atoms with Gasteiger partial charge in [0.25, 0.3) is 0 Å². The molecule has 0 aromatic rings. The lowest BCUT2D eigenvalue weighted by atomic mass is 10.0. The fourth-order valence-corrected chi connectivity index (χ4v) is 3.31. The van der Waals surface area contributed by atoms with Gasteiger partial charge in [0, 0.05) is 10.2 Å². The number of rotatable bonds is 1. The van der Waals surface area contributed by atoms with E-state index in [1.807, 2.05) is 11.8 Å². The Kier molecular flexibility index (Phi) is 1.91. The van der Waals surface area contributed by atoms with Crippen LogP contribution in [0.25, 0.3) is 0 Å². The van der Waals surface area contributed by atoms with Gasteiger partial charge in [0.15, 0.2) is 0 Å². The van der Waals surface area contributed by atoms with Crippen LogP contribution in [0, 0.1) is 0 Å². The summed E-state index contributed by atoms with van der Waals surface area (Å²) < 4.78 is 0. The fraction of sp³-hybridized carbons (Fsp3) is 0.455. The Morgan fingerprint density at radius 2 is 2.08 bits per heavy atom. The highest BCUT2D eigenvalue weighted by atomic mass is 32.2. The Morgan fingerprint density at radius 1 is 1.33 bits per heavy atom. The minimum Gasteiger partial charge on any atom is -0.118 e. The summed E-state index contributed by atoms with van der Waals surface area (Å²) in [7, 11) is 0. The molecular formula is C11H14S. The second kappa shape index (κ2) is 2.81. The van der Waals surface area contributed by atoms with Gasteiger partial charge in [0.05, 0.1) is 0 Å². The fourth-order valence-electron chi connectivity index (χ4n) is 1.96. The molecule has 1 heteroatoms. The number of allylic oxidation sites excluding steroid dienone is 4. The van der Waals surface area contributed by atoms with E-state index in [9.17, 15) is 0 Å². The van der Waals surface area contributed by atoms with Crippen molar-refractivity contribution < 1.29 is 0 Å². The van der Waals surface area contributed by atoms with Gasteiger partial charge in [-0.2, -0.15) is 0 Å². The van der Waals surface area contributed by atoms with E-state index in [1.165, 1.54) is 22.5 Å². The van der Waals surface area contributed by atoms with Crippen LogP contribution in [0.5, 0.6) is 0 Å². The maximum absolute atomic E-state index is 2.28. The summed E-state index contributed by atoms with van der Waals surface area (Å²) in [6.07, 6.45) is 5.74. The van der Waals surface area contributed by atoms with Crippen molar-refractivity contribution in [1.29, 1.82) is 0 Å². The van der Waals surface area contributed by atoms with Gasteiger partial charge in [0.2, 0.25) is 0 Å². The van der Waals surface area contributed by atoms with Gasteiger partial charge in [-0.3, -0.25) is 0 Å². The molecular weight excluding hydrogens is 164 g/mol. The minimum absolute atomic E-state index is 0.745. The molecule has 1 unspecified atom stereocenters. The topological polar surface area (TPSA) is 0 Å². The minimum atomic E-state index is 0.745. The monoisotopic (exact) mass is 178 g/mol. The van der Waals surface area contributed by atoms with E-state index >= 15 is 0 Å². The molecule has 1 aliphatic carbocycles. The molecule has 1 atom stereocenters. The molecule has 0 fully saturated rings. The maximum atomic E-state index is 2.28. The quantitative estimate of drug-likeness (QED) is 0.590. The zero-order valence-corrected chi connectivity index (χ0v) is 8.66. The highest BCUT2D eigenvalue weighted by Gasteiger charge is 2.28. The van der Waals surface area contributed by atoms with Crippen LogP contribution in [0.2, 0.25) is 0 Å². The van der Waals surface area contributed by atoms with Crippen LogP contribution in [0.3, 0.4) is 0 Å². The predicted molar refractivity (Wildman–Crippen MR) is 56.2 cm³/mol. The Bertz CT molecular complexity index is 305. The third kappa shape index (κ3) is 0.996. The number of thioether (sulfide) groups is 1. The van der Waals surface area contributed by atoms with Crippen molar-refractivity contribution >= 4 is 11.8 Å². The lowest BCUT2D eigenvalue weighted by Crippen LogP contribution is -1.97. The van der Waals surface area contributed by atoms with E-state index in [0.717, 1.165) is 5.25 Å². The lowest BCUT2D eigenvalue weighted by molar-refractivity contribution is 0.929. The average molecular weight is 178 g/mol. The first-order valence-electron chi connectivity index (χ1n) is 4.50. The molecule has 0 saturated heterocycles. The lowest BCUT2D eigenvalue weighted by Gasteiger charge is -2.06. The molecule has 0 nitrogen and oxygen atoms in total. The van der Waals surface area contributed by atoms with Crippen molar-refractivity contribution in [3.8, 4) is 0 Å². The summed E-state index contributed by atoms with van der Waals surface area (Å²) >= 11 is 2.03. The SMILES string of the molecule is CCC1SC2=CC=C(C)C2=C1C. The molecule has 0 aromatic carbocycles. The Morgan fingerprint density at radius 3 is 2.67 bits per heavy atom. The third-order valence-corrected chi connectivity index (χ3v) is 4.21. The molecule has 0 N–H and O–H groups in total. The van der Waals surface area contributed by atoms with Crippen LogP contribution in [-0.2, 0) is 0 Å². The van der Waals surface area contributed by atoms with Crippen molar-refractivity contribution in [2.24, 2.45) is 0 Å². The number of hydrogen-bond donors (Lipinski definition) is 0. The van der Waals surface area contributed by atoms with Gasteiger partial charge in [0.1, 0.15) is 0 Å². The summed E-state index contributed by atoms with van der Waals surface area (Å²) in [5, 5.41) is 0.745. The van der Waals surface area contributed by atoms with Gasteiger partial charge in [-0.15, -0.1) is 11.8 Å². The second-order valence-corrected chi connectivity index (χ2v) is 4.70. The van der Waals surface area contributed by atoms with Crippen LogP contribution >= 0.6 is 11.8 Å². The molecule has 0 spiro atoms. The van der Waals surface area contributed by atoms with Crippen molar-refractivity contribution in [1.82, 2.24) is 0 Å². The van der Waals surface area contributed by atoms with Gasteiger partial charge < -0.3 is 0 Å². The highest BCUT2D eigenvalue weighted by Crippen LogP contribution is 2.48. The van der Waals surface area contributed by atoms with Crippen LogP contribution in [0.15, 0.2) is 33.8 Å². The summed E-state index contributed by atoms with van der Waals surface area (Å²) in [4.78, 5) is 1.50. The van der Waals surface area contributed by atoms with Crippen molar-refractivity contribution in [3.05, 3.63) is 33.8 Å². The first-order chi connectivity index (χ1) is 5.74. The van der Waals surface area contributed by atoms with E-state index in [-0.39, 0.29) is 0 Å². The molecule has 0 saturated carbocycles. The van der Waals surface area contributed by atoms with Crippen LogP contribution in [0.1, 0.15) is 27.2 Å². The predicted octanol–water partition coefficient (Wildman–Crippen LogP) is 3.67. The van der Waals surface area contributed by atoms with Gasteiger partial charge in [-0.1, -0.05) is 18.6 Å². The van der Waals surface area contributed by atoms with Crippen LogP contribution in [-0.4, -0.2) is 5.25 Å². The van der Waals surface area contributed by atoms with E-state index in [2.05, 4.69) is 32.9 Å². The van der Waals surface area contributed by atoms with Crippen molar-refractivity contribution in [2.45, 2.75) is 32.4 Å². The maximum Gasteiger partial charge on any atom is 0.0308 e. The molecule has 2 rings (SSSR count). The first-order valence-corrected chi connectivity index (χ1v) is 5.38. The first kappa shape index (κ1) is 8.18. The van der Waals surface area contributed by atoms with E-state index in [1.54, 1.807) is 5.57 Å². The molecule has 2 aliphatic rings. The Hall–Kier alpha value is -0.430. The molecule has 1 heterocycles. The van der Waals surface area contributed by atoms with Crippen LogP contribution < -0.4 is 0 Å². The molecule has 0 bridgehead atoms. The third-order valence-electron chi connectivity index (χ3n) is 2.64. The Labute approximate surface area is 78.4 Å². The molecule has 0 aromatic heterocycles. The summed E-state index contributed by atoms with van der Waals surface area (Å²) in [6, 6.07) is 0. The number of fused-ring (bicyclic) bond motifs is 1. The molecule has 64 valence electrons. The van der Waals surface area contributed by atoms with Gasteiger partial charge in [-0.05, 0) is 37.5 Å². The largest absolute Gasteiger partial charge is 0.118 e. The highest BCUT2D eigenvalue weighted by molar-refractivity contribution is 8.04. The standard InChI is InChI=1S/C11H14S/c1-4-9-8(3)11-7(2)5-6-10(11)12-9/h5-6,9H,4H2,1-3H3. The van der Waals surface area contributed by atoms with E-state index in [4.69, 9.17) is 0 Å². The normalized spacial score (nSPS) is 27.4. The molecule has 0 amide bonds. The summed E-state index contributed by atoms with van der Waals surface area (Å²) in [6.45, 7) is 6.75. The average Bonchev–Trinajstić information content (AvgIpc) is 2.55. The van der Waals surface area contributed by atoms with E-state index < -0.39 is 0 Å².